The van der Waals surface area contributed by atoms with Crippen molar-refractivity contribution in [2.24, 2.45) is 5.14 Å². The molecule has 0 saturated heterocycles. The fourth-order valence-corrected chi connectivity index (χ4v) is 1.15. The molecular weight excluding hydrogens is 196 g/mol. The van der Waals surface area contributed by atoms with E-state index in [0.717, 1.165) is 0 Å². The molecule has 0 heterocycles. The van der Waals surface area contributed by atoms with Crippen molar-refractivity contribution < 1.29 is 8.42 Å². The molecule has 1 rings (SSSR count). The second-order valence-corrected chi connectivity index (χ2v) is 3.42. The van der Waals surface area contributed by atoms with Crippen LogP contribution in [0.15, 0.2) is 35.2 Å². The van der Waals surface area contributed by atoms with Gasteiger partial charge < -0.3 is 0 Å². The van der Waals surface area contributed by atoms with Crippen LogP contribution in [0.3, 0.4) is 0 Å². The quantitative estimate of drug-likeness (QED) is 0.600. The van der Waals surface area contributed by atoms with Crippen molar-refractivity contribution in [2.45, 2.75) is 4.90 Å². The van der Waals surface area contributed by atoms with Gasteiger partial charge in [0.25, 0.3) is 0 Å². The molecule has 3 nitrogen and oxygen atoms in total. The molecular formula is C6H9NNa2O2S. The average Bonchev–Trinajstić information content (AvgIpc) is 1.88. The van der Waals surface area contributed by atoms with Crippen molar-refractivity contribution in [3.05, 3.63) is 30.3 Å². The molecule has 0 fully saturated rings. The fraction of sp³-hybridized carbons (Fsp3) is 0. The Hall–Kier alpha value is 1.13. The SMILES string of the molecule is NS(=O)(=O)c1ccccc1.[NaH].[NaH]. The van der Waals surface area contributed by atoms with Crippen molar-refractivity contribution in [3.8, 4) is 0 Å². The van der Waals surface area contributed by atoms with Gasteiger partial charge in [-0.05, 0) is 12.1 Å². The van der Waals surface area contributed by atoms with Crippen LogP contribution in [0.4, 0.5) is 0 Å². The Bertz CT molecular complexity index is 312. The zero-order valence-electron chi connectivity index (χ0n) is 5.19. The molecule has 0 spiro atoms. The minimum atomic E-state index is -3.50. The molecule has 0 aliphatic heterocycles. The molecule has 0 amide bonds. The van der Waals surface area contributed by atoms with Gasteiger partial charge in [-0.3, -0.25) is 0 Å². The Morgan fingerprint density at radius 2 is 1.42 bits per heavy atom. The van der Waals surface area contributed by atoms with Crippen molar-refractivity contribution in [3.63, 3.8) is 0 Å². The summed E-state index contributed by atoms with van der Waals surface area (Å²) in [5.74, 6) is 0. The van der Waals surface area contributed by atoms with E-state index in [1.807, 2.05) is 0 Å². The van der Waals surface area contributed by atoms with Crippen LogP contribution in [0.2, 0.25) is 0 Å². The number of benzene rings is 1. The normalized spacial score (nSPS) is 9.42. The van der Waals surface area contributed by atoms with E-state index in [2.05, 4.69) is 0 Å². The molecule has 0 aromatic heterocycles. The van der Waals surface area contributed by atoms with E-state index in [9.17, 15) is 8.42 Å². The standard InChI is InChI=1S/C6H7NO2S.2Na.2H/c7-10(8,9)6-4-2-1-3-5-6;;;;/h1-5H,(H2,7,8,9);;;;. The van der Waals surface area contributed by atoms with Crippen LogP contribution in [-0.4, -0.2) is 67.5 Å². The van der Waals surface area contributed by atoms with Crippen molar-refractivity contribution in [1.82, 2.24) is 0 Å². The number of nitrogens with two attached hydrogens (primary N) is 1. The minimum absolute atomic E-state index is 0. The monoisotopic (exact) mass is 205 g/mol. The zero-order valence-corrected chi connectivity index (χ0v) is 6.01. The maximum absolute atomic E-state index is 10.6. The van der Waals surface area contributed by atoms with E-state index < -0.39 is 10.0 Å². The first kappa shape index (κ1) is 15.6. The van der Waals surface area contributed by atoms with Crippen molar-refractivity contribution in [2.75, 3.05) is 0 Å². The fourth-order valence-electron chi connectivity index (χ4n) is 0.610. The van der Waals surface area contributed by atoms with Gasteiger partial charge in [0.05, 0.1) is 4.90 Å². The van der Waals surface area contributed by atoms with E-state index in [1.165, 1.54) is 12.1 Å². The van der Waals surface area contributed by atoms with Crippen LogP contribution >= 0.6 is 0 Å². The third-order valence-corrected chi connectivity index (χ3v) is 2.00. The molecule has 1 aromatic carbocycles. The van der Waals surface area contributed by atoms with Crippen LogP contribution in [-0.2, 0) is 10.0 Å². The van der Waals surface area contributed by atoms with Gasteiger partial charge in [0.15, 0.2) is 0 Å². The molecule has 6 heteroatoms. The first-order valence-electron chi connectivity index (χ1n) is 2.68. The van der Waals surface area contributed by atoms with Gasteiger partial charge in [0, 0.05) is 0 Å². The van der Waals surface area contributed by atoms with E-state index in [4.69, 9.17) is 5.14 Å². The van der Waals surface area contributed by atoms with Crippen LogP contribution in [0, 0.1) is 0 Å². The Kier molecular flexibility index (Phi) is 8.53. The van der Waals surface area contributed by atoms with E-state index in [-0.39, 0.29) is 64.0 Å². The summed E-state index contributed by atoms with van der Waals surface area (Å²) in [4.78, 5) is 0.148. The Morgan fingerprint density at radius 1 is 1.00 bits per heavy atom. The van der Waals surface area contributed by atoms with E-state index in [1.54, 1.807) is 18.2 Å². The van der Waals surface area contributed by atoms with Gasteiger partial charge in [-0.1, -0.05) is 18.2 Å². The summed E-state index contributed by atoms with van der Waals surface area (Å²) in [7, 11) is -3.50. The molecule has 0 atom stereocenters. The number of rotatable bonds is 1. The molecule has 0 unspecified atom stereocenters. The Morgan fingerprint density at radius 3 is 1.67 bits per heavy atom. The van der Waals surface area contributed by atoms with E-state index in [0.29, 0.717) is 0 Å². The molecule has 0 radical (unpaired) electrons. The van der Waals surface area contributed by atoms with Gasteiger partial charge in [0.1, 0.15) is 0 Å². The van der Waals surface area contributed by atoms with Crippen LogP contribution in [0.1, 0.15) is 0 Å². The number of hydrogen-bond acceptors (Lipinski definition) is 2. The molecule has 1 aromatic rings. The van der Waals surface area contributed by atoms with Crippen LogP contribution in [0.25, 0.3) is 0 Å². The van der Waals surface area contributed by atoms with Gasteiger partial charge >= 0.3 is 59.1 Å². The third-order valence-electron chi connectivity index (χ3n) is 1.07. The second kappa shape index (κ2) is 6.56. The summed E-state index contributed by atoms with van der Waals surface area (Å²) >= 11 is 0. The van der Waals surface area contributed by atoms with Crippen molar-refractivity contribution >= 4 is 69.1 Å². The molecule has 12 heavy (non-hydrogen) atoms. The molecule has 0 aliphatic rings. The number of sulfonamides is 1. The summed E-state index contributed by atoms with van der Waals surface area (Å²) in [6, 6.07) is 7.89. The molecule has 2 N–H and O–H groups in total. The molecule has 0 saturated carbocycles. The van der Waals surface area contributed by atoms with Gasteiger partial charge in [-0.25, -0.2) is 13.6 Å². The molecule has 58 valence electrons. The molecule has 0 bridgehead atoms. The maximum atomic E-state index is 10.6. The van der Waals surface area contributed by atoms with Crippen LogP contribution in [0.5, 0.6) is 0 Å². The zero-order chi connectivity index (χ0) is 7.61. The molecule has 0 aliphatic carbocycles. The second-order valence-electron chi connectivity index (χ2n) is 1.86. The van der Waals surface area contributed by atoms with Crippen LogP contribution < -0.4 is 5.14 Å². The average molecular weight is 205 g/mol. The first-order valence-corrected chi connectivity index (χ1v) is 4.23. The Labute approximate surface area is 116 Å². The van der Waals surface area contributed by atoms with Gasteiger partial charge in [0.2, 0.25) is 10.0 Å². The third kappa shape index (κ3) is 4.99. The summed E-state index contributed by atoms with van der Waals surface area (Å²) in [6.45, 7) is 0. The number of hydrogen-bond donors (Lipinski definition) is 1. The van der Waals surface area contributed by atoms with Gasteiger partial charge in [-0.2, -0.15) is 0 Å². The van der Waals surface area contributed by atoms with E-state index >= 15 is 0 Å². The Balaban J connectivity index is 0. The number of primary sulfonamides is 1. The summed E-state index contributed by atoms with van der Waals surface area (Å²) in [6.07, 6.45) is 0. The summed E-state index contributed by atoms with van der Waals surface area (Å²) in [5, 5.41) is 4.83. The topological polar surface area (TPSA) is 60.2 Å². The summed E-state index contributed by atoms with van der Waals surface area (Å²) in [5.41, 5.74) is 0. The predicted molar refractivity (Wildman–Crippen MR) is 52.1 cm³/mol. The van der Waals surface area contributed by atoms with Gasteiger partial charge in [-0.15, -0.1) is 0 Å². The predicted octanol–water partition coefficient (Wildman–Crippen LogP) is -0.963. The summed E-state index contributed by atoms with van der Waals surface area (Å²) < 4.78 is 21.2. The van der Waals surface area contributed by atoms with Crippen molar-refractivity contribution in [1.29, 1.82) is 0 Å². The first-order chi connectivity index (χ1) is 4.61.